The zero-order valence-electron chi connectivity index (χ0n) is 15.8. The largest absolute Gasteiger partial charge is 0.493 e. The molecule has 1 atom stereocenters. The molecule has 1 amide bonds. The number of hydrogen-bond donors (Lipinski definition) is 1. The number of benzene rings is 2. The van der Waals surface area contributed by atoms with Gasteiger partial charge in [-0.3, -0.25) is 4.79 Å². The van der Waals surface area contributed by atoms with E-state index in [0.29, 0.717) is 17.3 Å². The number of amides is 1. The number of piperidine rings is 1. The zero-order valence-corrected chi connectivity index (χ0v) is 16.6. The van der Waals surface area contributed by atoms with Crippen molar-refractivity contribution in [1.29, 1.82) is 0 Å². The first-order valence-electron chi connectivity index (χ1n) is 9.14. The molecule has 144 valence electrons. The molecule has 2 aromatic carbocycles. The number of carbonyl (C=O) groups is 1. The molecule has 1 aliphatic heterocycles. The van der Waals surface area contributed by atoms with Crippen LogP contribution < -0.4 is 14.8 Å². The fourth-order valence-electron chi connectivity index (χ4n) is 3.24. The van der Waals surface area contributed by atoms with Crippen molar-refractivity contribution in [2.24, 2.45) is 0 Å². The van der Waals surface area contributed by atoms with Gasteiger partial charge in [-0.1, -0.05) is 18.2 Å². The Hall–Kier alpha value is -2.34. The molecule has 0 spiro atoms. The number of nitrogens with one attached hydrogen (secondary N) is 1. The number of nitrogens with zero attached hydrogens (tertiary/aromatic N) is 1. The highest BCUT2D eigenvalue weighted by atomic mass is 32.2. The minimum absolute atomic E-state index is 0.197. The fraction of sp³-hybridized carbons (Fsp3) is 0.381. The topological polar surface area (TPSA) is 50.8 Å². The number of likely N-dealkylation sites (tertiary alicyclic amines) is 1. The highest BCUT2D eigenvalue weighted by molar-refractivity contribution is 8.00. The highest BCUT2D eigenvalue weighted by Gasteiger charge is 2.23. The van der Waals surface area contributed by atoms with Crippen LogP contribution in [0.1, 0.15) is 12.8 Å². The Morgan fingerprint density at radius 2 is 1.93 bits per heavy atom. The van der Waals surface area contributed by atoms with E-state index in [1.54, 1.807) is 26.0 Å². The van der Waals surface area contributed by atoms with E-state index in [-0.39, 0.29) is 11.9 Å². The monoisotopic (exact) mass is 386 g/mol. The highest BCUT2D eigenvalue weighted by Crippen LogP contribution is 2.30. The quantitative estimate of drug-likeness (QED) is 0.732. The van der Waals surface area contributed by atoms with Gasteiger partial charge in [0.2, 0.25) is 5.91 Å². The van der Waals surface area contributed by atoms with Crippen molar-refractivity contribution in [2.75, 3.05) is 38.4 Å². The molecule has 3 rings (SSSR count). The van der Waals surface area contributed by atoms with Gasteiger partial charge in [0.25, 0.3) is 0 Å². The lowest BCUT2D eigenvalue weighted by Gasteiger charge is -2.33. The second-order valence-corrected chi connectivity index (χ2v) is 7.54. The normalized spacial score (nSPS) is 16.7. The summed E-state index contributed by atoms with van der Waals surface area (Å²) in [7, 11) is 3.26. The van der Waals surface area contributed by atoms with Crippen LogP contribution in [0.3, 0.4) is 0 Å². The molecule has 0 saturated carbocycles. The van der Waals surface area contributed by atoms with Crippen LogP contribution >= 0.6 is 11.8 Å². The summed E-state index contributed by atoms with van der Waals surface area (Å²) in [5.41, 5.74) is 0.977. The predicted molar refractivity (Wildman–Crippen MR) is 110 cm³/mol. The van der Waals surface area contributed by atoms with Crippen LogP contribution in [0, 0.1) is 0 Å². The molecule has 27 heavy (non-hydrogen) atoms. The van der Waals surface area contributed by atoms with Crippen LogP contribution in [0.2, 0.25) is 0 Å². The van der Waals surface area contributed by atoms with Crippen molar-refractivity contribution in [2.45, 2.75) is 23.8 Å². The maximum Gasteiger partial charge on any atom is 0.233 e. The van der Waals surface area contributed by atoms with Crippen molar-refractivity contribution < 1.29 is 14.3 Å². The van der Waals surface area contributed by atoms with Gasteiger partial charge < -0.3 is 19.7 Å². The molecule has 0 bridgehead atoms. The summed E-state index contributed by atoms with van der Waals surface area (Å²) >= 11 is 1.59. The van der Waals surface area contributed by atoms with Crippen molar-refractivity contribution in [3.8, 4) is 11.5 Å². The van der Waals surface area contributed by atoms with Crippen molar-refractivity contribution in [3.63, 3.8) is 0 Å². The molecule has 1 heterocycles. The van der Waals surface area contributed by atoms with Gasteiger partial charge in [0.05, 0.1) is 20.0 Å². The molecule has 0 aliphatic carbocycles. The summed E-state index contributed by atoms with van der Waals surface area (Å²) in [6.07, 6.45) is 2.05. The summed E-state index contributed by atoms with van der Waals surface area (Å²) in [6, 6.07) is 16.1. The van der Waals surface area contributed by atoms with Crippen molar-refractivity contribution in [1.82, 2.24) is 4.90 Å². The average Bonchev–Trinajstić information content (AvgIpc) is 2.73. The van der Waals surface area contributed by atoms with Gasteiger partial charge in [-0.05, 0) is 37.1 Å². The molecule has 5 nitrogen and oxygen atoms in total. The summed E-state index contributed by atoms with van der Waals surface area (Å²) in [4.78, 5) is 15.7. The van der Waals surface area contributed by atoms with E-state index in [1.807, 2.05) is 53.4 Å². The minimum atomic E-state index is 0.197. The average molecular weight is 387 g/mol. The van der Waals surface area contributed by atoms with E-state index in [9.17, 15) is 4.79 Å². The molecule has 2 aromatic rings. The van der Waals surface area contributed by atoms with Crippen molar-refractivity contribution in [3.05, 3.63) is 48.5 Å². The summed E-state index contributed by atoms with van der Waals surface area (Å²) < 4.78 is 10.7. The van der Waals surface area contributed by atoms with Gasteiger partial charge in [-0.25, -0.2) is 0 Å². The molecule has 0 unspecified atom stereocenters. The Balaban J connectivity index is 1.55. The van der Waals surface area contributed by atoms with Gasteiger partial charge in [-0.2, -0.15) is 0 Å². The molecule has 0 radical (unpaired) electrons. The van der Waals surface area contributed by atoms with E-state index < -0.39 is 0 Å². The van der Waals surface area contributed by atoms with E-state index in [4.69, 9.17) is 9.47 Å². The Kier molecular flexibility index (Phi) is 6.87. The summed E-state index contributed by atoms with van der Waals surface area (Å²) in [5.74, 6) is 2.09. The smallest absolute Gasteiger partial charge is 0.233 e. The molecular weight excluding hydrogens is 360 g/mol. The Bertz CT molecular complexity index is 754. The standard InChI is InChI=1S/C21H26N2O3S/c1-25-19-11-10-16(13-20(19)26-2)22-17-7-6-12-23(14-17)21(24)15-27-18-8-4-3-5-9-18/h3-5,8-11,13,17,22H,6-7,12,14-15H2,1-2H3/t17-/m0/s1. The Labute approximate surface area is 165 Å². The Morgan fingerprint density at radius 3 is 2.67 bits per heavy atom. The second kappa shape index (κ2) is 9.55. The first-order valence-corrected chi connectivity index (χ1v) is 10.1. The summed E-state index contributed by atoms with van der Waals surface area (Å²) in [5, 5.41) is 3.53. The van der Waals surface area contributed by atoms with E-state index in [0.717, 1.165) is 36.5 Å². The van der Waals surface area contributed by atoms with Crippen LogP contribution in [0.25, 0.3) is 0 Å². The number of methoxy groups -OCH3 is 2. The molecule has 0 aromatic heterocycles. The first-order chi connectivity index (χ1) is 13.2. The Morgan fingerprint density at radius 1 is 1.15 bits per heavy atom. The molecule has 1 fully saturated rings. The van der Waals surface area contributed by atoms with Gasteiger partial charge in [0, 0.05) is 35.8 Å². The predicted octanol–water partition coefficient (Wildman–Crippen LogP) is 3.90. The van der Waals surface area contributed by atoms with Gasteiger partial charge in [0.15, 0.2) is 11.5 Å². The lowest BCUT2D eigenvalue weighted by molar-refractivity contribution is -0.129. The van der Waals surface area contributed by atoms with Crippen LogP contribution in [0.15, 0.2) is 53.4 Å². The van der Waals surface area contributed by atoms with E-state index >= 15 is 0 Å². The summed E-state index contributed by atoms with van der Waals surface area (Å²) in [6.45, 7) is 1.56. The van der Waals surface area contributed by atoms with Crippen LogP contribution in [-0.4, -0.2) is 49.9 Å². The molecule has 6 heteroatoms. The SMILES string of the molecule is COc1ccc(N[C@H]2CCCN(C(=O)CSc3ccccc3)C2)cc1OC. The van der Waals surface area contributed by atoms with Crippen LogP contribution in [0.5, 0.6) is 11.5 Å². The van der Waals surface area contributed by atoms with E-state index in [1.165, 1.54) is 0 Å². The first kappa shape index (κ1) is 19.4. The van der Waals surface area contributed by atoms with Crippen LogP contribution in [0.4, 0.5) is 5.69 Å². The fourth-order valence-corrected chi connectivity index (χ4v) is 4.06. The number of carbonyl (C=O) groups excluding carboxylic acids is 1. The van der Waals surface area contributed by atoms with E-state index in [2.05, 4.69) is 5.32 Å². The zero-order chi connectivity index (χ0) is 19.1. The number of hydrogen-bond acceptors (Lipinski definition) is 5. The van der Waals surface area contributed by atoms with Crippen LogP contribution in [-0.2, 0) is 4.79 Å². The number of rotatable bonds is 7. The third-order valence-electron chi connectivity index (χ3n) is 4.63. The lowest BCUT2D eigenvalue weighted by atomic mass is 10.1. The van der Waals surface area contributed by atoms with Gasteiger partial charge >= 0.3 is 0 Å². The molecular formula is C21H26N2O3S. The number of ether oxygens (including phenoxy) is 2. The molecule has 1 saturated heterocycles. The number of thioether (sulfide) groups is 1. The van der Waals surface area contributed by atoms with Gasteiger partial charge in [0.1, 0.15) is 0 Å². The number of anilines is 1. The minimum Gasteiger partial charge on any atom is -0.493 e. The third kappa shape index (κ3) is 5.32. The maximum absolute atomic E-state index is 12.6. The molecule has 1 N–H and O–H groups in total. The maximum atomic E-state index is 12.6. The van der Waals surface area contributed by atoms with Crippen molar-refractivity contribution >= 4 is 23.4 Å². The molecule has 1 aliphatic rings. The third-order valence-corrected chi connectivity index (χ3v) is 5.63. The second-order valence-electron chi connectivity index (χ2n) is 6.49. The van der Waals surface area contributed by atoms with Gasteiger partial charge in [-0.15, -0.1) is 11.8 Å². The lowest BCUT2D eigenvalue weighted by Crippen LogP contribution is -2.45.